The molecule has 0 unspecified atom stereocenters. The van der Waals surface area contributed by atoms with Gasteiger partial charge < -0.3 is 0 Å². The first-order valence-electron chi connectivity index (χ1n) is 6.70. The Labute approximate surface area is 128 Å². The summed E-state index contributed by atoms with van der Waals surface area (Å²) in [6.45, 7) is 0. The molecule has 6 heteroatoms. The third kappa shape index (κ3) is 3.35. The lowest BCUT2D eigenvalue weighted by Crippen LogP contribution is -2.09. The van der Waals surface area contributed by atoms with Gasteiger partial charge in [-0.05, 0) is 29.8 Å². The Morgan fingerprint density at radius 1 is 1.09 bits per heavy atom. The number of sulfonamides is 1. The standard InChI is InChI=1S/C16H15N3O2S/c1-22(20,21)19-13-6-4-5-12(11-13)9-10-16-14-7-2-3-8-15(14)17-18-16/h2-11,19H,1H3,(H,17,18)/b10-9+. The van der Waals surface area contributed by atoms with Crippen LogP contribution in [0.15, 0.2) is 48.5 Å². The summed E-state index contributed by atoms with van der Waals surface area (Å²) < 4.78 is 25.0. The molecule has 0 amide bonds. The summed E-state index contributed by atoms with van der Waals surface area (Å²) in [6.07, 6.45) is 4.93. The largest absolute Gasteiger partial charge is 0.284 e. The van der Waals surface area contributed by atoms with Crippen molar-refractivity contribution in [1.82, 2.24) is 10.2 Å². The molecule has 0 aliphatic heterocycles. The molecule has 0 saturated carbocycles. The highest BCUT2D eigenvalue weighted by Gasteiger charge is 2.03. The minimum Gasteiger partial charge on any atom is -0.284 e. The van der Waals surface area contributed by atoms with Crippen LogP contribution >= 0.6 is 0 Å². The average Bonchev–Trinajstić information content (AvgIpc) is 2.87. The maximum atomic E-state index is 11.3. The molecule has 0 aliphatic carbocycles. The van der Waals surface area contributed by atoms with Crippen LogP contribution in [-0.2, 0) is 10.0 Å². The summed E-state index contributed by atoms with van der Waals surface area (Å²) in [4.78, 5) is 0. The van der Waals surface area contributed by atoms with Gasteiger partial charge in [0.25, 0.3) is 0 Å². The Bertz CT molecular complexity index is 943. The van der Waals surface area contributed by atoms with E-state index in [2.05, 4.69) is 14.9 Å². The van der Waals surface area contributed by atoms with Crippen molar-refractivity contribution in [1.29, 1.82) is 0 Å². The van der Waals surface area contributed by atoms with Gasteiger partial charge in [-0.1, -0.05) is 36.4 Å². The normalized spacial score (nSPS) is 12.0. The first kappa shape index (κ1) is 14.3. The first-order valence-corrected chi connectivity index (χ1v) is 8.59. The van der Waals surface area contributed by atoms with Crippen LogP contribution in [0.25, 0.3) is 23.1 Å². The van der Waals surface area contributed by atoms with Crippen molar-refractivity contribution in [2.75, 3.05) is 11.0 Å². The van der Waals surface area contributed by atoms with Crippen LogP contribution in [0.4, 0.5) is 5.69 Å². The van der Waals surface area contributed by atoms with Crippen LogP contribution in [0.2, 0.25) is 0 Å². The third-order valence-corrected chi connectivity index (χ3v) is 3.73. The predicted octanol–water partition coefficient (Wildman–Crippen LogP) is 3.10. The second kappa shape index (κ2) is 5.65. The zero-order chi connectivity index (χ0) is 15.6. The van der Waals surface area contributed by atoms with Gasteiger partial charge in [-0.25, -0.2) is 8.42 Å². The van der Waals surface area contributed by atoms with E-state index in [1.165, 1.54) is 0 Å². The van der Waals surface area contributed by atoms with E-state index >= 15 is 0 Å². The summed E-state index contributed by atoms with van der Waals surface area (Å²) in [5.41, 5.74) is 3.25. The lowest BCUT2D eigenvalue weighted by molar-refractivity contribution is 0.607. The molecule has 0 aliphatic rings. The van der Waals surface area contributed by atoms with Gasteiger partial charge in [0.05, 0.1) is 17.5 Å². The smallest absolute Gasteiger partial charge is 0.229 e. The minimum absolute atomic E-state index is 0.538. The number of fused-ring (bicyclic) bond motifs is 1. The van der Waals surface area contributed by atoms with Crippen LogP contribution < -0.4 is 4.72 Å². The number of benzene rings is 2. The van der Waals surface area contributed by atoms with Crippen LogP contribution in [0.5, 0.6) is 0 Å². The number of para-hydroxylation sites is 1. The van der Waals surface area contributed by atoms with Gasteiger partial charge in [0.2, 0.25) is 10.0 Å². The molecule has 2 N–H and O–H groups in total. The number of nitrogens with one attached hydrogen (secondary N) is 2. The van der Waals surface area contributed by atoms with Crippen LogP contribution in [0.3, 0.4) is 0 Å². The molecule has 0 fully saturated rings. The fourth-order valence-electron chi connectivity index (χ4n) is 2.21. The van der Waals surface area contributed by atoms with Crippen LogP contribution in [-0.4, -0.2) is 24.9 Å². The van der Waals surface area contributed by atoms with Crippen LogP contribution in [0.1, 0.15) is 11.3 Å². The Kier molecular flexibility index (Phi) is 3.68. The van der Waals surface area contributed by atoms with Gasteiger partial charge in [0.1, 0.15) is 0 Å². The summed E-state index contributed by atoms with van der Waals surface area (Å²) in [6, 6.07) is 15.1. The second-order valence-electron chi connectivity index (χ2n) is 4.99. The number of rotatable bonds is 4. The maximum absolute atomic E-state index is 11.3. The lowest BCUT2D eigenvalue weighted by Gasteiger charge is -2.04. The number of hydrogen-bond donors (Lipinski definition) is 2. The van der Waals surface area contributed by atoms with E-state index in [-0.39, 0.29) is 0 Å². The lowest BCUT2D eigenvalue weighted by atomic mass is 10.1. The van der Waals surface area contributed by atoms with E-state index in [9.17, 15) is 8.42 Å². The van der Waals surface area contributed by atoms with Gasteiger partial charge in [-0.3, -0.25) is 9.82 Å². The summed E-state index contributed by atoms with van der Waals surface area (Å²) >= 11 is 0. The summed E-state index contributed by atoms with van der Waals surface area (Å²) in [7, 11) is -3.27. The molecule has 0 radical (unpaired) electrons. The quantitative estimate of drug-likeness (QED) is 0.777. The van der Waals surface area contributed by atoms with E-state index in [1.807, 2.05) is 42.5 Å². The molecular weight excluding hydrogens is 298 g/mol. The third-order valence-electron chi connectivity index (χ3n) is 3.12. The Balaban J connectivity index is 1.88. The van der Waals surface area contributed by atoms with Gasteiger partial charge in [-0.15, -0.1) is 0 Å². The topological polar surface area (TPSA) is 74.8 Å². The molecule has 112 valence electrons. The summed E-state index contributed by atoms with van der Waals surface area (Å²) in [5, 5.41) is 8.29. The van der Waals surface area contributed by atoms with E-state index in [0.717, 1.165) is 28.4 Å². The molecular formula is C16H15N3O2S. The van der Waals surface area contributed by atoms with Crippen molar-refractivity contribution >= 4 is 38.8 Å². The monoisotopic (exact) mass is 313 g/mol. The minimum atomic E-state index is -3.27. The molecule has 2 aromatic carbocycles. The molecule has 0 bridgehead atoms. The van der Waals surface area contributed by atoms with Gasteiger partial charge in [0.15, 0.2) is 0 Å². The zero-order valence-corrected chi connectivity index (χ0v) is 12.8. The predicted molar refractivity (Wildman–Crippen MR) is 89.9 cm³/mol. The fraction of sp³-hybridized carbons (Fsp3) is 0.0625. The number of anilines is 1. The molecule has 0 atom stereocenters. The highest BCUT2D eigenvalue weighted by Crippen LogP contribution is 2.19. The highest BCUT2D eigenvalue weighted by atomic mass is 32.2. The molecule has 3 aromatic rings. The molecule has 0 spiro atoms. The van der Waals surface area contributed by atoms with Crippen molar-refractivity contribution in [2.24, 2.45) is 0 Å². The number of hydrogen-bond acceptors (Lipinski definition) is 3. The van der Waals surface area contributed by atoms with Gasteiger partial charge in [0, 0.05) is 11.1 Å². The van der Waals surface area contributed by atoms with E-state index < -0.39 is 10.0 Å². The molecule has 5 nitrogen and oxygen atoms in total. The first-order chi connectivity index (χ1) is 10.5. The van der Waals surface area contributed by atoms with Crippen molar-refractivity contribution in [3.05, 3.63) is 59.8 Å². The average molecular weight is 313 g/mol. The summed E-state index contributed by atoms with van der Waals surface area (Å²) in [5.74, 6) is 0. The van der Waals surface area contributed by atoms with Crippen molar-refractivity contribution in [3.63, 3.8) is 0 Å². The van der Waals surface area contributed by atoms with Gasteiger partial charge in [-0.2, -0.15) is 5.10 Å². The van der Waals surface area contributed by atoms with E-state index in [4.69, 9.17) is 0 Å². The number of aromatic nitrogens is 2. The van der Waals surface area contributed by atoms with Crippen molar-refractivity contribution in [2.45, 2.75) is 0 Å². The van der Waals surface area contributed by atoms with Crippen molar-refractivity contribution < 1.29 is 8.42 Å². The van der Waals surface area contributed by atoms with Crippen LogP contribution in [0, 0.1) is 0 Å². The molecule has 1 heterocycles. The Morgan fingerprint density at radius 2 is 1.91 bits per heavy atom. The Hall–Kier alpha value is -2.60. The molecule has 1 aromatic heterocycles. The second-order valence-corrected chi connectivity index (χ2v) is 6.74. The van der Waals surface area contributed by atoms with E-state index in [1.54, 1.807) is 18.2 Å². The number of nitrogens with zero attached hydrogens (tertiary/aromatic N) is 1. The SMILES string of the molecule is CS(=O)(=O)Nc1cccc(/C=C/c2n[nH]c3ccccc23)c1. The molecule has 22 heavy (non-hydrogen) atoms. The zero-order valence-electron chi connectivity index (χ0n) is 11.9. The Morgan fingerprint density at radius 3 is 2.73 bits per heavy atom. The number of H-pyrrole nitrogens is 1. The van der Waals surface area contributed by atoms with Gasteiger partial charge >= 0.3 is 0 Å². The molecule has 3 rings (SSSR count). The highest BCUT2D eigenvalue weighted by molar-refractivity contribution is 7.92. The number of aromatic amines is 1. The van der Waals surface area contributed by atoms with E-state index in [0.29, 0.717) is 5.69 Å². The van der Waals surface area contributed by atoms with Crippen molar-refractivity contribution in [3.8, 4) is 0 Å². The fourth-order valence-corrected chi connectivity index (χ4v) is 2.76. The maximum Gasteiger partial charge on any atom is 0.229 e. The molecule has 0 saturated heterocycles.